The number of amides is 2. The van der Waals surface area contributed by atoms with Crippen LogP contribution in [0.2, 0.25) is 10.0 Å². The van der Waals surface area contributed by atoms with Gasteiger partial charge in [-0.25, -0.2) is 4.68 Å². The van der Waals surface area contributed by atoms with E-state index in [1.165, 1.54) is 0 Å². The van der Waals surface area contributed by atoms with Crippen molar-refractivity contribution in [1.29, 1.82) is 0 Å². The summed E-state index contributed by atoms with van der Waals surface area (Å²) in [5, 5.41) is 8.61. The summed E-state index contributed by atoms with van der Waals surface area (Å²) in [6.45, 7) is 2.38. The predicted octanol–water partition coefficient (Wildman–Crippen LogP) is 6.73. The van der Waals surface area contributed by atoms with Gasteiger partial charge in [0.2, 0.25) is 5.91 Å². The zero-order valence-corrected chi connectivity index (χ0v) is 21.3. The summed E-state index contributed by atoms with van der Waals surface area (Å²) in [4.78, 5) is 27.9. The van der Waals surface area contributed by atoms with Crippen molar-refractivity contribution in [3.05, 3.63) is 101 Å². The molecule has 4 aromatic rings. The Labute approximate surface area is 220 Å². The number of benzene rings is 3. The summed E-state index contributed by atoms with van der Waals surface area (Å²) >= 11 is 12.5. The van der Waals surface area contributed by atoms with E-state index in [0.717, 1.165) is 18.4 Å². The first kappa shape index (κ1) is 25.5. The summed E-state index contributed by atoms with van der Waals surface area (Å²) in [5.41, 5.74) is 2.66. The standard InChI is InChI=1S/C28H26Cl2N4O2/c1-2-3-16-33(28(36)21-12-9-13-22(29)17-21)19-27(35)31-26-18-24(20-10-5-4-6-11-20)32-34(26)25-15-8-7-14-23(25)30/h4-15,17-18H,2-3,16,19H2,1H3,(H,31,35). The van der Waals surface area contributed by atoms with Gasteiger partial charge in [0, 0.05) is 28.8 Å². The maximum absolute atomic E-state index is 13.2. The van der Waals surface area contributed by atoms with E-state index in [1.807, 2.05) is 55.5 Å². The normalized spacial score (nSPS) is 10.8. The molecule has 2 amide bonds. The van der Waals surface area contributed by atoms with Crippen molar-refractivity contribution in [2.24, 2.45) is 0 Å². The van der Waals surface area contributed by atoms with Crippen molar-refractivity contribution >= 4 is 40.8 Å². The summed E-state index contributed by atoms with van der Waals surface area (Å²) < 4.78 is 1.61. The molecule has 4 rings (SSSR count). The van der Waals surface area contributed by atoms with Gasteiger partial charge in [0.05, 0.1) is 16.4 Å². The van der Waals surface area contributed by atoms with Crippen molar-refractivity contribution in [3.8, 4) is 16.9 Å². The summed E-state index contributed by atoms with van der Waals surface area (Å²) in [7, 11) is 0. The number of carbonyl (C=O) groups excluding carboxylic acids is 2. The van der Waals surface area contributed by atoms with E-state index < -0.39 is 0 Å². The minimum atomic E-state index is -0.339. The molecule has 1 aromatic heterocycles. The third kappa shape index (κ3) is 6.14. The molecule has 0 aliphatic heterocycles. The number of unbranched alkanes of at least 4 members (excludes halogenated alkanes) is 1. The van der Waals surface area contributed by atoms with Crippen molar-refractivity contribution < 1.29 is 9.59 Å². The molecular weight excluding hydrogens is 495 g/mol. The van der Waals surface area contributed by atoms with Gasteiger partial charge in [-0.05, 0) is 36.8 Å². The van der Waals surface area contributed by atoms with E-state index in [9.17, 15) is 9.59 Å². The molecule has 0 aliphatic rings. The van der Waals surface area contributed by atoms with Gasteiger partial charge in [-0.15, -0.1) is 0 Å². The van der Waals surface area contributed by atoms with Crippen molar-refractivity contribution in [2.45, 2.75) is 19.8 Å². The Morgan fingerprint density at radius 1 is 0.944 bits per heavy atom. The second-order valence-electron chi connectivity index (χ2n) is 8.28. The lowest BCUT2D eigenvalue weighted by Crippen LogP contribution is -2.39. The molecule has 3 aromatic carbocycles. The fourth-order valence-electron chi connectivity index (χ4n) is 3.79. The van der Waals surface area contributed by atoms with Crippen LogP contribution >= 0.6 is 23.2 Å². The van der Waals surface area contributed by atoms with E-state index in [2.05, 4.69) is 5.32 Å². The van der Waals surface area contributed by atoms with Crippen LogP contribution in [-0.4, -0.2) is 39.6 Å². The Balaban J connectivity index is 1.61. The zero-order chi connectivity index (χ0) is 25.5. The minimum Gasteiger partial charge on any atom is -0.329 e. The van der Waals surface area contributed by atoms with E-state index >= 15 is 0 Å². The number of nitrogens with zero attached hydrogens (tertiary/aromatic N) is 3. The van der Waals surface area contributed by atoms with Crippen LogP contribution in [0.4, 0.5) is 5.82 Å². The number of carbonyl (C=O) groups is 2. The fraction of sp³-hybridized carbons (Fsp3) is 0.179. The van der Waals surface area contributed by atoms with Crippen molar-refractivity contribution in [3.63, 3.8) is 0 Å². The number of halogens is 2. The lowest BCUT2D eigenvalue weighted by molar-refractivity contribution is -0.116. The van der Waals surface area contributed by atoms with E-state index in [0.29, 0.717) is 39.4 Å². The molecule has 0 bridgehead atoms. The largest absolute Gasteiger partial charge is 0.329 e. The summed E-state index contributed by atoms with van der Waals surface area (Å²) in [6.07, 6.45) is 1.66. The number of rotatable bonds is 9. The summed E-state index contributed by atoms with van der Waals surface area (Å²) in [6, 6.07) is 25.5. The minimum absolute atomic E-state index is 0.111. The molecule has 0 spiro atoms. The van der Waals surface area contributed by atoms with Crippen LogP contribution in [0.15, 0.2) is 84.9 Å². The third-order valence-corrected chi connectivity index (χ3v) is 6.16. The van der Waals surface area contributed by atoms with Gasteiger partial charge in [-0.3, -0.25) is 9.59 Å². The maximum atomic E-state index is 13.2. The molecule has 8 heteroatoms. The second-order valence-corrected chi connectivity index (χ2v) is 9.13. The highest BCUT2D eigenvalue weighted by molar-refractivity contribution is 6.32. The van der Waals surface area contributed by atoms with Gasteiger partial charge in [-0.2, -0.15) is 5.10 Å². The average Bonchev–Trinajstić information content (AvgIpc) is 3.30. The number of nitrogens with one attached hydrogen (secondary N) is 1. The van der Waals surface area contributed by atoms with Gasteiger partial charge in [0.25, 0.3) is 5.91 Å². The van der Waals surface area contributed by atoms with Crippen LogP contribution in [0, 0.1) is 0 Å². The number of hydrogen-bond donors (Lipinski definition) is 1. The van der Waals surface area contributed by atoms with Gasteiger partial charge in [-0.1, -0.05) is 85.1 Å². The third-order valence-electron chi connectivity index (χ3n) is 5.60. The van der Waals surface area contributed by atoms with Gasteiger partial charge in [0.1, 0.15) is 12.4 Å². The number of para-hydroxylation sites is 1. The molecule has 36 heavy (non-hydrogen) atoms. The van der Waals surface area contributed by atoms with Crippen LogP contribution in [0.5, 0.6) is 0 Å². The number of aromatic nitrogens is 2. The van der Waals surface area contributed by atoms with Gasteiger partial charge >= 0.3 is 0 Å². The molecule has 0 saturated carbocycles. The molecule has 0 unspecified atom stereocenters. The topological polar surface area (TPSA) is 67.2 Å². The average molecular weight is 521 g/mol. The first-order valence-corrected chi connectivity index (χ1v) is 12.5. The molecule has 6 nitrogen and oxygen atoms in total. The van der Waals surface area contributed by atoms with Crippen molar-refractivity contribution in [1.82, 2.24) is 14.7 Å². The Morgan fingerprint density at radius 2 is 1.69 bits per heavy atom. The Bertz CT molecular complexity index is 1350. The van der Waals surface area contributed by atoms with E-state index in [1.54, 1.807) is 46.0 Å². The molecular formula is C28H26Cl2N4O2. The fourth-order valence-corrected chi connectivity index (χ4v) is 4.19. The number of anilines is 1. The first-order valence-electron chi connectivity index (χ1n) is 11.7. The van der Waals surface area contributed by atoms with E-state index in [-0.39, 0.29) is 18.4 Å². The monoisotopic (exact) mass is 520 g/mol. The molecule has 1 N–H and O–H groups in total. The lowest BCUT2D eigenvalue weighted by atomic mass is 10.1. The Kier molecular flexibility index (Phi) is 8.41. The first-order chi connectivity index (χ1) is 17.5. The quantitative estimate of drug-likeness (QED) is 0.266. The molecule has 0 saturated heterocycles. The molecule has 184 valence electrons. The highest BCUT2D eigenvalue weighted by Gasteiger charge is 2.21. The molecule has 0 radical (unpaired) electrons. The SMILES string of the molecule is CCCCN(CC(=O)Nc1cc(-c2ccccc2)nn1-c1ccccc1Cl)C(=O)c1cccc(Cl)c1. The smallest absolute Gasteiger partial charge is 0.254 e. The maximum Gasteiger partial charge on any atom is 0.254 e. The zero-order valence-electron chi connectivity index (χ0n) is 19.8. The Hall–Kier alpha value is -3.61. The highest BCUT2D eigenvalue weighted by Crippen LogP contribution is 2.28. The molecule has 0 fully saturated rings. The van der Waals surface area contributed by atoms with Crippen molar-refractivity contribution in [2.75, 3.05) is 18.4 Å². The van der Waals surface area contributed by atoms with Crippen LogP contribution in [0.3, 0.4) is 0 Å². The van der Waals surface area contributed by atoms with Crippen LogP contribution < -0.4 is 5.32 Å². The van der Waals surface area contributed by atoms with Crippen LogP contribution in [0.25, 0.3) is 16.9 Å². The lowest BCUT2D eigenvalue weighted by Gasteiger charge is -2.22. The Morgan fingerprint density at radius 3 is 2.42 bits per heavy atom. The highest BCUT2D eigenvalue weighted by atomic mass is 35.5. The van der Waals surface area contributed by atoms with Crippen LogP contribution in [0.1, 0.15) is 30.1 Å². The second kappa shape index (κ2) is 11.9. The predicted molar refractivity (Wildman–Crippen MR) is 145 cm³/mol. The van der Waals surface area contributed by atoms with Crippen LogP contribution in [-0.2, 0) is 4.79 Å². The molecule has 0 atom stereocenters. The van der Waals surface area contributed by atoms with Gasteiger partial charge in [0.15, 0.2) is 0 Å². The summed E-state index contributed by atoms with van der Waals surface area (Å²) in [5.74, 6) is -0.127. The molecule has 0 aliphatic carbocycles. The number of hydrogen-bond acceptors (Lipinski definition) is 3. The van der Waals surface area contributed by atoms with E-state index in [4.69, 9.17) is 28.3 Å². The molecule has 1 heterocycles. The van der Waals surface area contributed by atoms with Gasteiger partial charge < -0.3 is 10.2 Å².